The van der Waals surface area contributed by atoms with Crippen molar-refractivity contribution >= 4 is 17.9 Å². The summed E-state index contributed by atoms with van der Waals surface area (Å²) in [6.45, 7) is -0.646. The minimum absolute atomic E-state index is 0.0219. The summed E-state index contributed by atoms with van der Waals surface area (Å²) >= 11 is 0. The second-order valence-electron chi connectivity index (χ2n) is 10.4. The van der Waals surface area contributed by atoms with Crippen LogP contribution in [-0.2, 0) is 15.9 Å². The fourth-order valence-corrected chi connectivity index (χ4v) is 5.06. The molecule has 0 aromatic heterocycles. The number of benzene rings is 2. The van der Waals surface area contributed by atoms with Crippen molar-refractivity contribution < 1.29 is 63.5 Å². The van der Waals surface area contributed by atoms with Crippen LogP contribution in [-0.4, -0.2) is 108 Å². The van der Waals surface area contributed by atoms with Crippen LogP contribution in [0.25, 0.3) is 0 Å². The molecule has 2 aliphatic heterocycles. The Morgan fingerprint density at radius 3 is 2.24 bits per heavy atom. The molecule has 1 saturated heterocycles. The van der Waals surface area contributed by atoms with Crippen molar-refractivity contribution in [3.8, 4) is 40.6 Å². The number of aromatic hydroxyl groups is 1. The van der Waals surface area contributed by atoms with Gasteiger partial charge in [0.1, 0.15) is 36.6 Å². The maximum Gasteiger partial charge on any atom is 0.338 e. The van der Waals surface area contributed by atoms with Gasteiger partial charge in [0.15, 0.2) is 29.0 Å². The Kier molecular flexibility index (Phi) is 10.3. The van der Waals surface area contributed by atoms with Gasteiger partial charge in [-0.15, -0.1) is 0 Å². The number of nitrogens with zero attached hydrogens (tertiary/aromatic N) is 1. The molecular weight excluding hydrogens is 610 g/mol. The number of fused-ring (bicyclic) bond motifs is 3. The van der Waals surface area contributed by atoms with Crippen LogP contribution >= 0.6 is 0 Å². The highest BCUT2D eigenvalue weighted by atomic mass is 16.7. The van der Waals surface area contributed by atoms with Gasteiger partial charge >= 0.3 is 11.9 Å². The molecule has 2 bridgehead atoms. The predicted molar refractivity (Wildman–Crippen MR) is 158 cm³/mol. The number of carbonyl (C=O) groups excluding carboxylic acids is 1. The van der Waals surface area contributed by atoms with Gasteiger partial charge in [-0.1, -0.05) is 11.8 Å². The number of phenols is 1. The standard InChI is InChI=1S/C30H35N3O13/c1-41-18-11-16(12-19(42-2)22(18)34)27(39)44-13-21-24(35)30(40)8-4-5-17(33-29(31)32)7-6-14-9-15(26(37)38)10-20(43-3)23(14)46-28(45-21)25(30)36/h9-12,17,21,24-25,28,34-36,40H,6-8,13H2,1-3H3,(H,37,38)(H4,31,32,33)/t17-,21+,24+,25-,28-,30-/m0/s1. The molecule has 1 fully saturated rings. The van der Waals surface area contributed by atoms with Gasteiger partial charge < -0.3 is 65.4 Å². The van der Waals surface area contributed by atoms with E-state index in [1.165, 1.54) is 45.6 Å². The molecular formula is C30H35N3O13. The predicted octanol–water partition coefficient (Wildman–Crippen LogP) is -0.488. The number of aliphatic hydroxyl groups is 3. The first-order valence-electron chi connectivity index (χ1n) is 13.9. The number of methoxy groups -OCH3 is 3. The van der Waals surface area contributed by atoms with Gasteiger partial charge in [-0.25, -0.2) is 14.6 Å². The number of guanidine groups is 1. The van der Waals surface area contributed by atoms with E-state index in [9.17, 15) is 35.1 Å². The number of aromatic carboxylic acids is 1. The second-order valence-corrected chi connectivity index (χ2v) is 10.4. The number of ether oxygens (including phenoxy) is 6. The number of aryl methyl sites for hydroxylation is 1. The number of nitrogens with two attached hydrogens (primary N) is 2. The molecule has 0 unspecified atom stereocenters. The quantitative estimate of drug-likeness (QED) is 0.0827. The second kappa shape index (κ2) is 14.0. The summed E-state index contributed by atoms with van der Waals surface area (Å²) < 4.78 is 32.8. The van der Waals surface area contributed by atoms with Gasteiger partial charge in [0.25, 0.3) is 0 Å². The lowest BCUT2D eigenvalue weighted by Gasteiger charge is -2.47. The average molecular weight is 646 g/mol. The summed E-state index contributed by atoms with van der Waals surface area (Å²) in [6, 6.07) is 4.14. The maximum atomic E-state index is 13.0. The third kappa shape index (κ3) is 6.97. The highest BCUT2D eigenvalue weighted by Gasteiger charge is 2.56. The van der Waals surface area contributed by atoms with Gasteiger partial charge in [0.05, 0.1) is 32.5 Å². The monoisotopic (exact) mass is 645 g/mol. The van der Waals surface area contributed by atoms with E-state index in [0.29, 0.717) is 5.56 Å². The summed E-state index contributed by atoms with van der Waals surface area (Å²) in [4.78, 5) is 28.9. The highest BCUT2D eigenvalue weighted by Crippen LogP contribution is 2.40. The summed E-state index contributed by atoms with van der Waals surface area (Å²) in [5.74, 6) is 2.55. The van der Waals surface area contributed by atoms with E-state index in [1.807, 2.05) is 0 Å². The number of carboxylic acids is 1. The van der Waals surface area contributed by atoms with E-state index in [0.717, 1.165) is 0 Å². The van der Waals surface area contributed by atoms with Crippen molar-refractivity contribution in [2.24, 2.45) is 16.5 Å². The zero-order chi connectivity index (χ0) is 33.8. The first-order valence-corrected chi connectivity index (χ1v) is 13.9. The summed E-state index contributed by atoms with van der Waals surface area (Å²) in [5, 5.41) is 54.0. The number of carboxylic acid groups (broad SMARTS) is 1. The van der Waals surface area contributed by atoms with E-state index in [2.05, 4.69) is 16.8 Å². The van der Waals surface area contributed by atoms with E-state index >= 15 is 0 Å². The molecule has 9 N–H and O–H groups in total. The first-order chi connectivity index (χ1) is 21.8. The van der Waals surface area contributed by atoms with Crippen LogP contribution in [0.4, 0.5) is 0 Å². The number of aliphatic hydroxyl groups excluding tert-OH is 2. The molecule has 16 nitrogen and oxygen atoms in total. The fraction of sp³-hybridized carbons (Fsp3) is 0.433. The number of hydrogen-bond donors (Lipinski definition) is 7. The normalized spacial score (nSPS) is 25.5. The first kappa shape index (κ1) is 33.9. The van der Waals surface area contributed by atoms with Crippen LogP contribution < -0.4 is 30.4 Å². The van der Waals surface area contributed by atoms with Gasteiger partial charge in [0.2, 0.25) is 12.0 Å². The van der Waals surface area contributed by atoms with Crippen molar-refractivity contribution in [3.05, 3.63) is 41.0 Å². The maximum absolute atomic E-state index is 13.0. The molecule has 0 aliphatic carbocycles. The summed E-state index contributed by atoms with van der Waals surface area (Å²) in [6.07, 6.45) is -7.14. The fourth-order valence-electron chi connectivity index (χ4n) is 5.06. The molecule has 2 aromatic carbocycles. The number of aliphatic imine (C=N–C) groups is 1. The molecule has 2 aromatic rings. The van der Waals surface area contributed by atoms with Crippen LogP contribution in [0.15, 0.2) is 29.3 Å². The van der Waals surface area contributed by atoms with Gasteiger partial charge in [0, 0.05) is 6.42 Å². The van der Waals surface area contributed by atoms with E-state index < -0.39 is 61.2 Å². The van der Waals surface area contributed by atoms with Gasteiger partial charge in [-0.05, 0) is 42.7 Å². The third-order valence-electron chi connectivity index (χ3n) is 7.50. The Morgan fingerprint density at radius 1 is 1.02 bits per heavy atom. The Hall–Kier alpha value is -4.95. The molecule has 46 heavy (non-hydrogen) atoms. The Labute approximate surface area is 263 Å². The summed E-state index contributed by atoms with van der Waals surface area (Å²) in [7, 11) is 3.83. The lowest BCUT2D eigenvalue weighted by atomic mass is 9.81. The average Bonchev–Trinajstić information content (AvgIpc) is 3.02. The van der Waals surface area contributed by atoms with Crippen LogP contribution in [0, 0.1) is 11.8 Å². The summed E-state index contributed by atoms with van der Waals surface area (Å²) in [5.41, 5.74) is 8.86. The molecule has 2 aliphatic rings. The third-order valence-corrected chi connectivity index (χ3v) is 7.50. The SMILES string of the molecule is COc1cc(C(=O)OC[C@H]2O[C@H]3Oc4c(cc(C(=O)O)cc4OC)CC[C@@H](N=C(N)N)C#CC[C@](O)([C@@H]2O)[C@H]3O)cc(OC)c1O. The molecule has 16 heteroatoms. The van der Waals surface area contributed by atoms with Crippen LogP contribution in [0.2, 0.25) is 0 Å². The zero-order valence-electron chi connectivity index (χ0n) is 25.1. The van der Waals surface area contributed by atoms with Crippen LogP contribution in [0.5, 0.6) is 28.7 Å². The minimum Gasteiger partial charge on any atom is -0.502 e. The highest BCUT2D eigenvalue weighted by molar-refractivity contribution is 5.91. The van der Waals surface area contributed by atoms with Crippen molar-refractivity contribution in [3.63, 3.8) is 0 Å². The van der Waals surface area contributed by atoms with Crippen molar-refractivity contribution in [2.75, 3.05) is 27.9 Å². The largest absolute Gasteiger partial charge is 0.502 e. The van der Waals surface area contributed by atoms with Crippen molar-refractivity contribution in [2.45, 2.75) is 55.5 Å². The lowest BCUT2D eigenvalue weighted by Crippen LogP contribution is -2.68. The number of rotatable bonds is 8. The molecule has 6 atom stereocenters. The number of phenolic OH excluding ortho intramolecular Hbond substituents is 1. The molecule has 4 rings (SSSR count). The van der Waals surface area contributed by atoms with Crippen molar-refractivity contribution in [1.29, 1.82) is 0 Å². The Morgan fingerprint density at radius 2 is 1.65 bits per heavy atom. The molecule has 2 heterocycles. The van der Waals surface area contributed by atoms with Gasteiger partial charge in [-0.2, -0.15) is 0 Å². The van der Waals surface area contributed by atoms with E-state index in [1.54, 1.807) is 0 Å². The van der Waals surface area contributed by atoms with Gasteiger partial charge in [-0.3, -0.25) is 0 Å². The van der Waals surface area contributed by atoms with E-state index in [-0.39, 0.29) is 58.7 Å². The smallest absolute Gasteiger partial charge is 0.338 e. The number of carbonyl (C=O) groups is 2. The molecule has 0 spiro atoms. The van der Waals surface area contributed by atoms with Crippen LogP contribution in [0.1, 0.15) is 39.1 Å². The zero-order valence-corrected chi connectivity index (χ0v) is 25.1. The minimum atomic E-state index is -2.39. The molecule has 0 radical (unpaired) electrons. The number of hydrogen-bond acceptors (Lipinski definition) is 13. The molecule has 0 saturated carbocycles. The van der Waals surface area contributed by atoms with E-state index in [4.69, 9.17) is 39.9 Å². The molecule has 248 valence electrons. The lowest BCUT2D eigenvalue weighted by molar-refractivity contribution is -0.312. The number of esters is 1. The Bertz CT molecular complexity index is 1540. The van der Waals surface area contributed by atoms with Crippen molar-refractivity contribution in [1.82, 2.24) is 0 Å². The molecule has 0 amide bonds. The Balaban J connectivity index is 1.72. The topological polar surface area (TPSA) is 255 Å². The van der Waals surface area contributed by atoms with Crippen LogP contribution in [0.3, 0.4) is 0 Å².